The van der Waals surface area contributed by atoms with E-state index in [1.807, 2.05) is 30.3 Å². The molecule has 0 aliphatic rings. The molecule has 0 radical (unpaired) electrons. The van der Waals surface area contributed by atoms with Crippen LogP contribution in [0.1, 0.15) is 17.5 Å². The van der Waals surface area contributed by atoms with Gasteiger partial charge in [-0.05, 0) is 24.1 Å². The van der Waals surface area contributed by atoms with Gasteiger partial charge >= 0.3 is 6.09 Å². The number of ether oxygens (including phenoxy) is 1. The molecule has 2 aromatic carbocycles. The molecule has 0 atom stereocenters. The summed E-state index contributed by atoms with van der Waals surface area (Å²) in [5.41, 5.74) is 0.911. The zero-order valence-corrected chi connectivity index (χ0v) is 12.8. The second-order valence-electron chi connectivity index (χ2n) is 4.98. The smallest absolute Gasteiger partial charge is 0.407 e. The number of phenols is 1. The fraction of sp³-hybridized carbons (Fsp3) is 0.167. The summed E-state index contributed by atoms with van der Waals surface area (Å²) in [6.07, 6.45) is 2.85. The molecule has 1 amide bonds. The Morgan fingerprint density at radius 1 is 1.12 bits per heavy atom. The van der Waals surface area contributed by atoms with Crippen LogP contribution in [0.2, 0.25) is 0 Å². The number of carbonyl (C=O) groups excluding carboxylic acids is 1. The topological polar surface area (TPSA) is 58.6 Å². The molecule has 4 nitrogen and oxygen atoms in total. The first-order chi connectivity index (χ1) is 11.6. The van der Waals surface area contributed by atoms with Gasteiger partial charge in [0, 0.05) is 12.1 Å². The minimum atomic E-state index is -1.28. The van der Waals surface area contributed by atoms with E-state index in [0.717, 1.165) is 11.6 Å². The third kappa shape index (κ3) is 5.08. The molecular formula is C18H17F2NO3. The summed E-state index contributed by atoms with van der Waals surface area (Å²) in [5, 5.41) is 11.6. The lowest BCUT2D eigenvalue weighted by atomic mass is 10.1. The number of benzene rings is 2. The van der Waals surface area contributed by atoms with Gasteiger partial charge < -0.3 is 15.2 Å². The number of alkyl carbamates (subject to hydrolysis) is 1. The monoisotopic (exact) mass is 333 g/mol. The third-order valence-corrected chi connectivity index (χ3v) is 3.18. The normalized spacial score (nSPS) is 10.8. The lowest BCUT2D eigenvalue weighted by molar-refractivity contribution is 0.140. The Morgan fingerprint density at radius 2 is 1.88 bits per heavy atom. The summed E-state index contributed by atoms with van der Waals surface area (Å²) >= 11 is 0. The van der Waals surface area contributed by atoms with E-state index < -0.39 is 23.5 Å². The van der Waals surface area contributed by atoms with Crippen molar-refractivity contribution in [1.82, 2.24) is 5.32 Å². The number of halogens is 2. The number of rotatable bonds is 6. The van der Waals surface area contributed by atoms with Crippen LogP contribution in [0, 0.1) is 11.6 Å². The Morgan fingerprint density at radius 3 is 2.62 bits per heavy atom. The number of nitrogens with one attached hydrogen (secondary N) is 1. The third-order valence-electron chi connectivity index (χ3n) is 3.18. The van der Waals surface area contributed by atoms with Crippen LogP contribution in [-0.4, -0.2) is 17.7 Å². The number of hydrogen-bond donors (Lipinski definition) is 2. The van der Waals surface area contributed by atoms with Crippen molar-refractivity contribution in [2.75, 3.05) is 6.54 Å². The Bertz CT molecular complexity index is 718. The molecule has 126 valence electrons. The first-order valence-corrected chi connectivity index (χ1v) is 7.36. The Labute approximate surface area is 138 Å². The molecule has 0 heterocycles. The summed E-state index contributed by atoms with van der Waals surface area (Å²) in [4.78, 5) is 11.5. The molecule has 6 heteroatoms. The quantitative estimate of drug-likeness (QED) is 0.786. The van der Waals surface area contributed by atoms with E-state index in [0.29, 0.717) is 13.0 Å². The van der Waals surface area contributed by atoms with Crippen LogP contribution in [0.3, 0.4) is 0 Å². The minimum absolute atomic E-state index is 0.0250. The fourth-order valence-corrected chi connectivity index (χ4v) is 1.92. The molecule has 24 heavy (non-hydrogen) atoms. The maximum Gasteiger partial charge on any atom is 0.407 e. The van der Waals surface area contributed by atoms with Gasteiger partial charge in [-0.25, -0.2) is 9.18 Å². The van der Waals surface area contributed by atoms with Gasteiger partial charge in [0.2, 0.25) is 5.82 Å². The van der Waals surface area contributed by atoms with Crippen LogP contribution in [0.5, 0.6) is 5.75 Å². The maximum atomic E-state index is 13.5. The zero-order valence-electron chi connectivity index (χ0n) is 12.8. The first kappa shape index (κ1) is 17.5. The lowest BCUT2D eigenvalue weighted by Crippen LogP contribution is -2.24. The summed E-state index contributed by atoms with van der Waals surface area (Å²) in [7, 11) is 0. The number of hydrogen-bond acceptors (Lipinski definition) is 3. The largest absolute Gasteiger partial charge is 0.505 e. The van der Waals surface area contributed by atoms with Crippen LogP contribution < -0.4 is 5.32 Å². The Balaban J connectivity index is 1.71. The summed E-state index contributed by atoms with van der Waals surface area (Å²) in [5.74, 6) is -3.12. The van der Waals surface area contributed by atoms with E-state index in [2.05, 4.69) is 5.32 Å². The van der Waals surface area contributed by atoms with E-state index >= 15 is 0 Å². The highest BCUT2D eigenvalue weighted by Crippen LogP contribution is 2.22. The van der Waals surface area contributed by atoms with Gasteiger partial charge in [-0.15, -0.1) is 0 Å². The van der Waals surface area contributed by atoms with Gasteiger partial charge in [-0.1, -0.05) is 42.5 Å². The average molecular weight is 333 g/mol. The van der Waals surface area contributed by atoms with Gasteiger partial charge in [-0.3, -0.25) is 0 Å². The molecule has 0 spiro atoms. The predicted octanol–water partition coefficient (Wildman–Crippen LogP) is 4.00. The molecule has 2 aromatic rings. The number of phenolic OH excluding ortho intramolecular Hbond substituents is 1. The van der Waals surface area contributed by atoms with Gasteiger partial charge in [0.1, 0.15) is 6.61 Å². The van der Waals surface area contributed by atoms with Crippen LogP contribution >= 0.6 is 0 Å². The summed E-state index contributed by atoms with van der Waals surface area (Å²) in [6, 6.07) is 11.6. The van der Waals surface area contributed by atoms with Crippen molar-refractivity contribution in [3.63, 3.8) is 0 Å². The fourth-order valence-electron chi connectivity index (χ4n) is 1.92. The molecule has 0 saturated heterocycles. The maximum absolute atomic E-state index is 13.5. The van der Waals surface area contributed by atoms with E-state index in [1.165, 1.54) is 12.1 Å². The highest BCUT2D eigenvalue weighted by molar-refractivity contribution is 5.67. The van der Waals surface area contributed by atoms with E-state index in [-0.39, 0.29) is 12.2 Å². The van der Waals surface area contributed by atoms with Crippen molar-refractivity contribution in [2.24, 2.45) is 0 Å². The zero-order chi connectivity index (χ0) is 17.4. The van der Waals surface area contributed by atoms with Crippen molar-refractivity contribution in [2.45, 2.75) is 13.0 Å². The van der Waals surface area contributed by atoms with Gasteiger partial charge in [0.15, 0.2) is 11.6 Å². The molecule has 0 unspecified atom stereocenters. The van der Waals surface area contributed by atoms with Crippen LogP contribution in [0.25, 0.3) is 6.08 Å². The standard InChI is InChI=1S/C18H17F2NO3/c19-16-14(9-10-15(22)17(16)20)8-4-5-11-21-18(23)24-12-13-6-2-1-3-7-13/h1-4,6-10,22H,5,11-12H2,(H,21,23). The summed E-state index contributed by atoms with van der Waals surface area (Å²) in [6.45, 7) is 0.479. The molecule has 0 bridgehead atoms. The first-order valence-electron chi connectivity index (χ1n) is 7.36. The van der Waals surface area contributed by atoms with Crippen molar-refractivity contribution in [1.29, 1.82) is 0 Å². The van der Waals surface area contributed by atoms with Gasteiger partial charge in [-0.2, -0.15) is 4.39 Å². The molecular weight excluding hydrogens is 316 g/mol. The molecule has 2 rings (SSSR count). The van der Waals surface area contributed by atoms with Crippen LogP contribution in [-0.2, 0) is 11.3 Å². The second kappa shape index (κ2) is 8.67. The highest BCUT2D eigenvalue weighted by Gasteiger charge is 2.10. The number of amides is 1. The summed E-state index contributed by atoms with van der Waals surface area (Å²) < 4.78 is 31.7. The van der Waals surface area contributed by atoms with Crippen molar-refractivity contribution >= 4 is 12.2 Å². The average Bonchev–Trinajstić information content (AvgIpc) is 2.60. The lowest BCUT2D eigenvalue weighted by Gasteiger charge is -2.06. The van der Waals surface area contributed by atoms with Gasteiger partial charge in [0.05, 0.1) is 0 Å². The Hall–Kier alpha value is -2.89. The highest BCUT2D eigenvalue weighted by atomic mass is 19.2. The molecule has 0 fully saturated rings. The van der Waals surface area contributed by atoms with E-state index in [1.54, 1.807) is 6.08 Å². The molecule has 0 aliphatic heterocycles. The molecule has 0 aromatic heterocycles. The van der Waals surface area contributed by atoms with Crippen molar-refractivity contribution in [3.05, 3.63) is 71.3 Å². The van der Waals surface area contributed by atoms with E-state index in [9.17, 15) is 13.6 Å². The number of carbonyl (C=O) groups is 1. The number of aromatic hydroxyl groups is 1. The molecule has 0 aliphatic carbocycles. The molecule has 2 N–H and O–H groups in total. The molecule has 0 saturated carbocycles. The van der Waals surface area contributed by atoms with E-state index in [4.69, 9.17) is 9.84 Å². The second-order valence-corrected chi connectivity index (χ2v) is 4.98. The Kier molecular flexibility index (Phi) is 6.31. The van der Waals surface area contributed by atoms with Crippen LogP contribution in [0.4, 0.5) is 13.6 Å². The minimum Gasteiger partial charge on any atom is -0.505 e. The predicted molar refractivity (Wildman–Crippen MR) is 86.3 cm³/mol. The van der Waals surface area contributed by atoms with Crippen LogP contribution in [0.15, 0.2) is 48.5 Å². The van der Waals surface area contributed by atoms with Crippen molar-refractivity contribution < 1.29 is 23.4 Å². The van der Waals surface area contributed by atoms with Crippen molar-refractivity contribution in [3.8, 4) is 5.75 Å². The SMILES string of the molecule is O=C(NCCC=Cc1ccc(O)c(F)c1F)OCc1ccccc1. The van der Waals surface area contributed by atoms with Gasteiger partial charge in [0.25, 0.3) is 0 Å².